The van der Waals surface area contributed by atoms with E-state index in [1.807, 2.05) is 48.2 Å². The van der Waals surface area contributed by atoms with Crippen LogP contribution in [0, 0.1) is 5.92 Å². The molecule has 1 aliphatic rings. The summed E-state index contributed by atoms with van der Waals surface area (Å²) in [7, 11) is 0. The molecule has 1 atom stereocenters. The fraction of sp³-hybridized carbons (Fsp3) is 0.364. The average Bonchev–Trinajstić information content (AvgIpc) is 3.19. The zero-order valence-corrected chi connectivity index (χ0v) is 16.8. The van der Waals surface area contributed by atoms with E-state index in [9.17, 15) is 9.59 Å². The maximum absolute atomic E-state index is 12.0. The number of rotatable bonds is 8. The fourth-order valence-electron chi connectivity index (χ4n) is 3.25. The van der Waals surface area contributed by atoms with Gasteiger partial charge in [0.2, 0.25) is 5.91 Å². The molecule has 1 saturated heterocycles. The molecule has 1 fully saturated rings. The van der Waals surface area contributed by atoms with Crippen LogP contribution in [0.25, 0.3) is 0 Å². The summed E-state index contributed by atoms with van der Waals surface area (Å²) in [5, 5.41) is 5.12. The second-order valence-corrected chi connectivity index (χ2v) is 8.14. The number of urea groups is 1. The number of thioether (sulfide) groups is 1. The molecule has 6 heteroatoms. The molecule has 2 aromatic carbocycles. The summed E-state index contributed by atoms with van der Waals surface area (Å²) in [4.78, 5) is 27.5. The van der Waals surface area contributed by atoms with Crippen LogP contribution in [-0.2, 0) is 11.3 Å². The van der Waals surface area contributed by atoms with Gasteiger partial charge in [-0.25, -0.2) is 4.79 Å². The number of amides is 3. The Morgan fingerprint density at radius 3 is 2.50 bits per heavy atom. The lowest BCUT2D eigenvalue weighted by molar-refractivity contribution is -0.120. The van der Waals surface area contributed by atoms with Crippen molar-refractivity contribution in [2.24, 2.45) is 5.92 Å². The van der Waals surface area contributed by atoms with E-state index in [1.165, 1.54) is 11.3 Å². The third kappa shape index (κ3) is 7.02. The lowest BCUT2D eigenvalue weighted by Crippen LogP contribution is -2.40. The van der Waals surface area contributed by atoms with Crippen LogP contribution in [0.3, 0.4) is 0 Å². The normalized spacial score (nSPS) is 16.6. The molecule has 3 amide bonds. The van der Waals surface area contributed by atoms with Crippen LogP contribution in [0.4, 0.5) is 4.79 Å². The Kier molecular flexibility index (Phi) is 7.94. The maximum atomic E-state index is 12.0. The van der Waals surface area contributed by atoms with E-state index in [0.29, 0.717) is 25.4 Å². The number of nitrogens with zero attached hydrogens (tertiary/aromatic N) is 1. The molecule has 0 aromatic heterocycles. The molecule has 0 spiro atoms. The van der Waals surface area contributed by atoms with E-state index in [-0.39, 0.29) is 5.91 Å². The van der Waals surface area contributed by atoms with E-state index < -0.39 is 6.03 Å². The molecule has 1 heterocycles. The van der Waals surface area contributed by atoms with Gasteiger partial charge >= 0.3 is 6.03 Å². The monoisotopic (exact) mass is 397 g/mol. The first-order valence-corrected chi connectivity index (χ1v) is 10.7. The third-order valence-corrected chi connectivity index (χ3v) is 6.05. The largest absolute Gasteiger partial charge is 0.334 e. The minimum absolute atomic E-state index is 0.229. The Morgan fingerprint density at radius 1 is 1.04 bits per heavy atom. The second kappa shape index (κ2) is 10.9. The molecule has 0 aliphatic carbocycles. The Morgan fingerprint density at radius 2 is 1.75 bits per heavy atom. The molecule has 1 aliphatic heterocycles. The number of nitrogens with one attached hydrogen (secondary N) is 2. The Labute approximate surface area is 170 Å². The van der Waals surface area contributed by atoms with Crippen LogP contribution >= 0.6 is 11.8 Å². The molecule has 0 radical (unpaired) electrons. The van der Waals surface area contributed by atoms with Crippen molar-refractivity contribution in [2.45, 2.75) is 24.3 Å². The van der Waals surface area contributed by atoms with E-state index in [0.717, 1.165) is 24.4 Å². The highest BCUT2D eigenvalue weighted by Gasteiger charge is 2.23. The van der Waals surface area contributed by atoms with E-state index >= 15 is 0 Å². The molecular weight excluding hydrogens is 370 g/mol. The quantitative estimate of drug-likeness (QED) is 0.669. The zero-order chi connectivity index (χ0) is 19.6. The van der Waals surface area contributed by atoms with Crippen molar-refractivity contribution >= 4 is 23.7 Å². The molecule has 0 saturated carbocycles. The first kappa shape index (κ1) is 20.4. The number of carbonyl (C=O) groups is 2. The van der Waals surface area contributed by atoms with Crippen molar-refractivity contribution in [2.75, 3.05) is 25.4 Å². The number of likely N-dealkylation sites (tertiary alicyclic amines) is 1. The van der Waals surface area contributed by atoms with Gasteiger partial charge in [0.25, 0.3) is 0 Å². The van der Waals surface area contributed by atoms with Gasteiger partial charge < -0.3 is 10.2 Å². The molecule has 2 aromatic rings. The zero-order valence-electron chi connectivity index (χ0n) is 16.0. The summed E-state index contributed by atoms with van der Waals surface area (Å²) < 4.78 is 0. The van der Waals surface area contributed by atoms with E-state index in [2.05, 4.69) is 39.8 Å². The van der Waals surface area contributed by atoms with Crippen molar-refractivity contribution in [3.8, 4) is 0 Å². The third-order valence-electron chi connectivity index (χ3n) is 4.80. The van der Waals surface area contributed by atoms with Gasteiger partial charge in [-0.3, -0.25) is 10.1 Å². The van der Waals surface area contributed by atoms with Gasteiger partial charge in [-0.2, -0.15) is 0 Å². The molecule has 28 heavy (non-hydrogen) atoms. The lowest BCUT2D eigenvalue weighted by Gasteiger charge is -2.15. The number of hydrogen-bond donors (Lipinski definition) is 2. The predicted octanol–water partition coefficient (Wildman–Crippen LogP) is 3.52. The number of imide groups is 1. The maximum Gasteiger partial charge on any atom is 0.321 e. The molecule has 3 rings (SSSR count). The average molecular weight is 398 g/mol. The van der Waals surface area contributed by atoms with Crippen LogP contribution in [0.2, 0.25) is 0 Å². The molecule has 0 bridgehead atoms. The molecule has 0 unspecified atom stereocenters. The van der Waals surface area contributed by atoms with Crippen molar-refractivity contribution in [3.05, 3.63) is 66.2 Å². The van der Waals surface area contributed by atoms with Gasteiger partial charge in [0.1, 0.15) is 0 Å². The highest BCUT2D eigenvalue weighted by atomic mass is 32.2. The van der Waals surface area contributed by atoms with E-state index in [1.54, 1.807) is 0 Å². The van der Waals surface area contributed by atoms with Gasteiger partial charge in [-0.15, -0.1) is 11.8 Å². The topological polar surface area (TPSA) is 61.4 Å². The van der Waals surface area contributed by atoms with Crippen molar-refractivity contribution in [3.63, 3.8) is 0 Å². The molecule has 2 N–H and O–H groups in total. The second-order valence-electron chi connectivity index (χ2n) is 7.05. The highest BCUT2D eigenvalue weighted by Crippen LogP contribution is 2.25. The van der Waals surface area contributed by atoms with Gasteiger partial charge in [0.05, 0.1) is 0 Å². The Bertz CT molecular complexity index is 755. The molecule has 5 nitrogen and oxygen atoms in total. The standard InChI is InChI=1S/C22H27N3O2S/c26-21(24-22(27)23-15-18-7-3-1-4-8-18)12-14-25-13-11-19(16-25)17-28-20-9-5-2-6-10-20/h1-10,19H,11-17H2,(H2,23,24,26,27)/t19-/m0/s1. The minimum Gasteiger partial charge on any atom is -0.334 e. The van der Waals surface area contributed by atoms with Crippen LogP contribution < -0.4 is 10.6 Å². The highest BCUT2D eigenvalue weighted by molar-refractivity contribution is 7.99. The smallest absolute Gasteiger partial charge is 0.321 e. The van der Waals surface area contributed by atoms with Crippen LogP contribution in [0.1, 0.15) is 18.4 Å². The first-order valence-electron chi connectivity index (χ1n) is 9.71. The van der Waals surface area contributed by atoms with Crippen molar-refractivity contribution < 1.29 is 9.59 Å². The summed E-state index contributed by atoms with van der Waals surface area (Å²) >= 11 is 1.90. The SMILES string of the molecule is O=C(CCN1CC[C@H](CSc2ccccc2)C1)NC(=O)NCc1ccccc1. The van der Waals surface area contributed by atoms with Crippen molar-refractivity contribution in [1.29, 1.82) is 0 Å². The van der Waals surface area contributed by atoms with Crippen LogP contribution in [-0.4, -0.2) is 42.2 Å². The first-order chi connectivity index (χ1) is 13.7. The summed E-state index contributed by atoms with van der Waals surface area (Å²) in [6.07, 6.45) is 1.51. The van der Waals surface area contributed by atoms with Crippen LogP contribution in [0.15, 0.2) is 65.6 Å². The van der Waals surface area contributed by atoms with Crippen molar-refractivity contribution in [1.82, 2.24) is 15.5 Å². The van der Waals surface area contributed by atoms with Gasteiger partial charge in [0, 0.05) is 36.7 Å². The summed E-state index contributed by atoms with van der Waals surface area (Å²) in [5.74, 6) is 1.53. The molecule has 148 valence electrons. The Hall–Kier alpha value is -2.31. The number of benzene rings is 2. The van der Waals surface area contributed by atoms with Gasteiger partial charge in [0.15, 0.2) is 0 Å². The number of hydrogen-bond acceptors (Lipinski definition) is 4. The fourth-order valence-corrected chi connectivity index (χ4v) is 4.30. The predicted molar refractivity (Wildman–Crippen MR) is 113 cm³/mol. The summed E-state index contributed by atoms with van der Waals surface area (Å²) in [5.41, 5.74) is 1.00. The minimum atomic E-state index is -0.438. The number of carbonyl (C=O) groups excluding carboxylic acids is 2. The summed E-state index contributed by atoms with van der Waals surface area (Å²) in [6.45, 7) is 3.15. The lowest BCUT2D eigenvalue weighted by atomic mass is 10.2. The summed E-state index contributed by atoms with van der Waals surface area (Å²) in [6, 6.07) is 19.6. The van der Waals surface area contributed by atoms with Gasteiger partial charge in [-0.05, 0) is 36.6 Å². The van der Waals surface area contributed by atoms with Crippen LogP contribution in [0.5, 0.6) is 0 Å². The Balaban J connectivity index is 1.29. The van der Waals surface area contributed by atoms with Gasteiger partial charge in [-0.1, -0.05) is 48.5 Å². The van der Waals surface area contributed by atoms with E-state index in [4.69, 9.17) is 0 Å². The molecular formula is C22H27N3O2S.